The second-order valence-electron chi connectivity index (χ2n) is 7.10. The van der Waals surface area contributed by atoms with Crippen molar-refractivity contribution in [2.75, 3.05) is 6.61 Å². The van der Waals surface area contributed by atoms with Crippen molar-refractivity contribution >= 4 is 33.8 Å². The fourth-order valence-electron chi connectivity index (χ4n) is 2.89. The Bertz CT molecular complexity index is 998. The molecule has 31 heavy (non-hydrogen) atoms. The average Bonchev–Trinajstić information content (AvgIpc) is 2.80. The number of aliphatic imine (C=N–C) groups is 1. The van der Waals surface area contributed by atoms with E-state index in [9.17, 15) is 4.79 Å². The molecular weight excluding hydrogens is 454 g/mol. The first kappa shape index (κ1) is 22.8. The minimum Gasteiger partial charge on any atom is -0.494 e. The fourth-order valence-corrected chi connectivity index (χ4v) is 3.28. The van der Waals surface area contributed by atoms with Crippen LogP contribution in [0.3, 0.4) is 0 Å². The minimum absolute atomic E-state index is 0.399. The van der Waals surface area contributed by atoms with E-state index in [1.807, 2.05) is 36.4 Å². The number of halogens is 1. The van der Waals surface area contributed by atoms with Crippen LogP contribution in [0, 0.1) is 0 Å². The van der Waals surface area contributed by atoms with Crippen molar-refractivity contribution in [3.63, 3.8) is 0 Å². The van der Waals surface area contributed by atoms with Gasteiger partial charge in [-0.2, -0.15) is 0 Å². The van der Waals surface area contributed by atoms with Gasteiger partial charge in [0.25, 0.3) is 0 Å². The Balaban J connectivity index is 1.51. The molecule has 0 bridgehead atoms. The van der Waals surface area contributed by atoms with Gasteiger partial charge in [-0.25, -0.2) is 4.79 Å². The summed E-state index contributed by atoms with van der Waals surface area (Å²) >= 11 is 3.48. The van der Waals surface area contributed by atoms with Gasteiger partial charge in [-0.05, 0) is 88.6 Å². The molecule has 0 spiro atoms. The SMILES string of the molecule is CCCCCCOc1ccc(C(=O)Oc2ccc(C=Nc3ccccc3Br)cc2)cc1. The summed E-state index contributed by atoms with van der Waals surface area (Å²) in [6.45, 7) is 2.88. The summed E-state index contributed by atoms with van der Waals surface area (Å²) in [6.07, 6.45) is 6.43. The third-order valence-electron chi connectivity index (χ3n) is 4.65. The predicted octanol–water partition coefficient (Wildman–Crippen LogP) is 7.38. The maximum absolute atomic E-state index is 12.4. The molecule has 160 valence electrons. The molecule has 0 radical (unpaired) electrons. The lowest BCUT2D eigenvalue weighted by Crippen LogP contribution is -2.08. The van der Waals surface area contributed by atoms with E-state index in [1.165, 1.54) is 19.3 Å². The van der Waals surface area contributed by atoms with Gasteiger partial charge in [0.15, 0.2) is 0 Å². The van der Waals surface area contributed by atoms with E-state index >= 15 is 0 Å². The van der Waals surface area contributed by atoms with Crippen LogP contribution >= 0.6 is 15.9 Å². The zero-order valence-corrected chi connectivity index (χ0v) is 19.2. The molecule has 0 aliphatic heterocycles. The van der Waals surface area contributed by atoms with Gasteiger partial charge in [0, 0.05) is 10.7 Å². The van der Waals surface area contributed by atoms with Crippen LogP contribution in [-0.2, 0) is 0 Å². The van der Waals surface area contributed by atoms with Gasteiger partial charge in [0.1, 0.15) is 11.5 Å². The number of carbonyl (C=O) groups is 1. The predicted molar refractivity (Wildman–Crippen MR) is 129 cm³/mol. The average molecular weight is 480 g/mol. The summed E-state index contributed by atoms with van der Waals surface area (Å²) in [5.41, 5.74) is 2.25. The quantitative estimate of drug-likeness (QED) is 0.132. The number of hydrogen-bond donors (Lipinski definition) is 0. The molecular formula is C26H26BrNO3. The molecule has 0 saturated heterocycles. The van der Waals surface area contributed by atoms with Gasteiger partial charge in [0.2, 0.25) is 0 Å². The highest BCUT2D eigenvalue weighted by molar-refractivity contribution is 9.10. The summed E-state index contributed by atoms with van der Waals surface area (Å²) in [5, 5.41) is 0. The van der Waals surface area contributed by atoms with Crippen LogP contribution in [0.25, 0.3) is 0 Å². The van der Waals surface area contributed by atoms with E-state index in [2.05, 4.69) is 27.8 Å². The molecule has 3 aromatic carbocycles. The number of benzene rings is 3. The molecule has 0 saturated carbocycles. The van der Waals surface area contributed by atoms with Gasteiger partial charge >= 0.3 is 5.97 Å². The third kappa shape index (κ3) is 7.37. The van der Waals surface area contributed by atoms with Crippen molar-refractivity contribution < 1.29 is 14.3 Å². The maximum Gasteiger partial charge on any atom is 0.343 e. The molecule has 3 aromatic rings. The van der Waals surface area contributed by atoms with Crippen molar-refractivity contribution in [1.82, 2.24) is 0 Å². The summed E-state index contributed by atoms with van der Waals surface area (Å²) in [7, 11) is 0. The van der Waals surface area contributed by atoms with Gasteiger partial charge in [-0.1, -0.05) is 38.3 Å². The Morgan fingerprint density at radius 1 is 0.903 bits per heavy atom. The molecule has 0 fully saturated rings. The zero-order chi connectivity index (χ0) is 21.9. The Hall–Kier alpha value is -2.92. The van der Waals surface area contributed by atoms with Crippen LogP contribution in [-0.4, -0.2) is 18.8 Å². The minimum atomic E-state index is -0.399. The molecule has 5 heteroatoms. The van der Waals surface area contributed by atoms with Crippen molar-refractivity contribution in [3.8, 4) is 11.5 Å². The van der Waals surface area contributed by atoms with E-state index in [-0.39, 0.29) is 0 Å². The van der Waals surface area contributed by atoms with Gasteiger partial charge in [-0.15, -0.1) is 0 Å². The Labute approximate surface area is 192 Å². The number of para-hydroxylation sites is 1. The van der Waals surface area contributed by atoms with Crippen LogP contribution < -0.4 is 9.47 Å². The highest BCUT2D eigenvalue weighted by Crippen LogP contribution is 2.24. The van der Waals surface area contributed by atoms with Gasteiger partial charge in [0.05, 0.1) is 17.9 Å². The van der Waals surface area contributed by atoms with Crippen molar-refractivity contribution in [2.45, 2.75) is 32.6 Å². The standard InChI is InChI=1S/C26H26BrNO3/c1-2-3-4-7-18-30-22-16-12-21(13-17-22)26(29)31-23-14-10-20(11-15-23)19-28-25-9-6-5-8-24(25)27/h5-6,8-17,19H,2-4,7,18H2,1H3. The maximum atomic E-state index is 12.4. The van der Waals surface area contributed by atoms with Crippen LogP contribution in [0.2, 0.25) is 0 Å². The zero-order valence-electron chi connectivity index (χ0n) is 17.6. The number of rotatable bonds is 10. The fraction of sp³-hybridized carbons (Fsp3) is 0.231. The van der Waals surface area contributed by atoms with Crippen molar-refractivity contribution in [1.29, 1.82) is 0 Å². The van der Waals surface area contributed by atoms with Crippen LogP contribution in [0.5, 0.6) is 11.5 Å². The summed E-state index contributed by atoms with van der Waals surface area (Å²) < 4.78 is 12.1. The topological polar surface area (TPSA) is 47.9 Å². The number of hydrogen-bond acceptors (Lipinski definition) is 4. The van der Waals surface area contributed by atoms with Crippen molar-refractivity contribution in [2.24, 2.45) is 4.99 Å². The Morgan fingerprint density at radius 3 is 2.32 bits per heavy atom. The normalized spacial score (nSPS) is 10.9. The summed E-state index contributed by atoms with van der Waals surface area (Å²) in [6, 6.07) is 22.0. The van der Waals surface area contributed by atoms with Gasteiger partial charge < -0.3 is 9.47 Å². The van der Waals surface area contributed by atoms with E-state index < -0.39 is 5.97 Å². The molecule has 4 nitrogen and oxygen atoms in total. The monoisotopic (exact) mass is 479 g/mol. The highest BCUT2D eigenvalue weighted by atomic mass is 79.9. The molecule has 0 aliphatic carbocycles. The molecule has 0 heterocycles. The lowest BCUT2D eigenvalue weighted by Gasteiger charge is -2.08. The van der Waals surface area contributed by atoms with E-state index in [0.717, 1.165) is 27.9 Å². The number of ether oxygens (including phenoxy) is 2. The van der Waals surface area contributed by atoms with Crippen LogP contribution in [0.1, 0.15) is 48.5 Å². The summed E-state index contributed by atoms with van der Waals surface area (Å²) in [5.74, 6) is 0.852. The molecule has 0 aromatic heterocycles. The Morgan fingerprint density at radius 2 is 1.61 bits per heavy atom. The lowest BCUT2D eigenvalue weighted by molar-refractivity contribution is 0.0734. The number of unbranched alkanes of at least 4 members (excludes halogenated alkanes) is 3. The second-order valence-corrected chi connectivity index (χ2v) is 7.96. The molecule has 0 unspecified atom stereocenters. The third-order valence-corrected chi connectivity index (χ3v) is 5.32. The van der Waals surface area contributed by atoms with Crippen molar-refractivity contribution in [3.05, 3.63) is 88.4 Å². The number of nitrogens with zero attached hydrogens (tertiary/aromatic N) is 1. The summed E-state index contributed by atoms with van der Waals surface area (Å²) in [4.78, 5) is 16.9. The first-order chi connectivity index (χ1) is 15.2. The van der Waals surface area contributed by atoms with Crippen LogP contribution in [0.15, 0.2) is 82.3 Å². The lowest BCUT2D eigenvalue weighted by atomic mass is 10.2. The van der Waals surface area contributed by atoms with E-state index in [1.54, 1.807) is 42.6 Å². The van der Waals surface area contributed by atoms with E-state index in [0.29, 0.717) is 17.9 Å². The highest BCUT2D eigenvalue weighted by Gasteiger charge is 2.09. The number of esters is 1. The first-order valence-electron chi connectivity index (χ1n) is 10.5. The molecule has 0 atom stereocenters. The second kappa shape index (κ2) is 12.1. The van der Waals surface area contributed by atoms with E-state index in [4.69, 9.17) is 9.47 Å². The molecule has 0 amide bonds. The molecule has 3 rings (SSSR count). The molecule has 0 aliphatic rings. The van der Waals surface area contributed by atoms with Crippen LogP contribution in [0.4, 0.5) is 5.69 Å². The largest absolute Gasteiger partial charge is 0.494 e. The number of carbonyl (C=O) groups excluding carboxylic acids is 1. The first-order valence-corrected chi connectivity index (χ1v) is 11.3. The molecule has 0 N–H and O–H groups in total. The van der Waals surface area contributed by atoms with Gasteiger partial charge in [-0.3, -0.25) is 4.99 Å². The smallest absolute Gasteiger partial charge is 0.343 e. The Kier molecular flexibility index (Phi) is 8.85.